The van der Waals surface area contributed by atoms with E-state index < -0.39 is 6.04 Å². The standard InChI is InChI=1S/C48H48ClFN10O3S/c1-27-28(2)64-47-43(27)44(54-40(23-42-52-16-19-62-42)45-58-55-29(3)60(45)47)36-11-4-30(21-38(36)50)20-31-24-48(25-31)14-17-59(18-15-48)41-13-12-39(56-57-41)46(61)53-33-6-9-34(10-7-33)63-35-8-5-32(26-51)37(49)22-35/h4-5,8,11-13,16,19,21-22,31,33-34,40H,6-7,9-10,14-15,17-18,20,23-25H2,1-3H3,(H,53,61)/t33?,34?,40-/m0/s1. The number of nitrogens with one attached hydrogen (secondary N) is 1. The Morgan fingerprint density at radius 2 is 1.83 bits per heavy atom. The summed E-state index contributed by atoms with van der Waals surface area (Å²) < 4.78 is 30.2. The number of halogens is 2. The molecule has 2 saturated carbocycles. The number of fused-ring (bicyclic) bond motifs is 3. The summed E-state index contributed by atoms with van der Waals surface area (Å²) in [4.78, 5) is 26.1. The molecule has 1 spiro atoms. The van der Waals surface area contributed by atoms with Gasteiger partial charge in [0.25, 0.3) is 5.91 Å². The number of carbonyl (C=O) groups excluding carboxylic acids is 1. The molecule has 13 nitrogen and oxygen atoms in total. The van der Waals surface area contributed by atoms with E-state index in [2.05, 4.69) is 66.1 Å². The Bertz CT molecular complexity index is 2770. The molecule has 16 heteroatoms. The molecule has 10 rings (SSSR count). The van der Waals surface area contributed by atoms with E-state index in [1.54, 1.807) is 54.1 Å². The Morgan fingerprint density at radius 1 is 1.02 bits per heavy atom. The van der Waals surface area contributed by atoms with E-state index in [4.69, 9.17) is 31.0 Å². The van der Waals surface area contributed by atoms with Crippen molar-refractivity contribution in [1.82, 2.24) is 35.3 Å². The van der Waals surface area contributed by atoms with Crippen molar-refractivity contribution in [3.05, 3.63) is 128 Å². The lowest BCUT2D eigenvalue weighted by atomic mass is 9.56. The molecular weight excluding hydrogens is 851 g/mol. The number of hydrogen-bond donors (Lipinski definition) is 1. The zero-order valence-electron chi connectivity index (χ0n) is 36.0. The van der Waals surface area contributed by atoms with Gasteiger partial charge in [0.15, 0.2) is 23.2 Å². The Kier molecular flexibility index (Phi) is 11.3. The Labute approximate surface area is 379 Å². The minimum absolute atomic E-state index is 0.0218. The van der Waals surface area contributed by atoms with Crippen molar-refractivity contribution >= 4 is 40.4 Å². The molecule has 2 aliphatic heterocycles. The molecule has 2 aromatic carbocycles. The van der Waals surface area contributed by atoms with Gasteiger partial charge in [-0.3, -0.25) is 14.4 Å². The summed E-state index contributed by atoms with van der Waals surface area (Å²) in [6, 6.07) is 16.1. The van der Waals surface area contributed by atoms with E-state index in [0.29, 0.717) is 62.8 Å². The number of piperidine rings is 1. The fourth-order valence-corrected chi connectivity index (χ4v) is 11.6. The number of aryl methyl sites for hydroxylation is 2. The van der Waals surface area contributed by atoms with Gasteiger partial charge in [0, 0.05) is 41.2 Å². The van der Waals surface area contributed by atoms with Crippen LogP contribution in [0, 0.1) is 49.3 Å². The molecule has 6 aromatic rings. The smallest absolute Gasteiger partial charge is 0.272 e. The maximum atomic E-state index is 16.4. The monoisotopic (exact) mass is 898 g/mol. The Hall–Kier alpha value is -5.98. The molecule has 0 bridgehead atoms. The van der Waals surface area contributed by atoms with Crippen LogP contribution >= 0.6 is 22.9 Å². The number of carbonyl (C=O) groups is 1. The van der Waals surface area contributed by atoms with Crippen molar-refractivity contribution in [2.45, 2.75) is 103 Å². The van der Waals surface area contributed by atoms with E-state index in [-0.39, 0.29) is 23.9 Å². The molecule has 1 N–H and O–H groups in total. The second-order valence-electron chi connectivity index (χ2n) is 17.9. The van der Waals surface area contributed by atoms with Crippen molar-refractivity contribution in [3.8, 4) is 16.8 Å². The fraction of sp³-hybridized carbons (Fsp3) is 0.417. The summed E-state index contributed by atoms with van der Waals surface area (Å²) in [6.07, 6.45) is 11.9. The first-order valence-corrected chi connectivity index (χ1v) is 23.3. The molecule has 4 aliphatic rings. The number of benzene rings is 2. The van der Waals surface area contributed by atoms with Gasteiger partial charge >= 0.3 is 0 Å². The first-order chi connectivity index (χ1) is 31.0. The van der Waals surface area contributed by atoms with Crippen LogP contribution in [-0.4, -0.2) is 66.8 Å². The minimum Gasteiger partial charge on any atom is -0.490 e. The third kappa shape index (κ3) is 8.18. The SMILES string of the molecule is Cc1sc2c(c1C)C(c1ccc(CC3CC4(CCN(c5ccc(C(=O)NC6CCC(Oc7ccc(C#N)c(Cl)c7)CC6)nn5)CC4)C3)cc1F)=N[C@@H](Cc1ncco1)c1nnc(C)n1-2. The first-order valence-electron chi connectivity index (χ1n) is 22.1. The van der Waals surface area contributed by atoms with Gasteiger partial charge in [0.1, 0.15) is 40.8 Å². The summed E-state index contributed by atoms with van der Waals surface area (Å²) in [7, 11) is 0. The fourth-order valence-electron chi connectivity index (χ4n) is 10.2. The number of nitriles is 1. The van der Waals surface area contributed by atoms with E-state index in [1.807, 2.05) is 19.1 Å². The molecule has 1 saturated heterocycles. The van der Waals surface area contributed by atoms with Crippen molar-refractivity contribution in [3.63, 3.8) is 0 Å². The predicted octanol–water partition coefficient (Wildman–Crippen LogP) is 9.19. The predicted molar refractivity (Wildman–Crippen MR) is 241 cm³/mol. The molecule has 2 aliphatic carbocycles. The van der Waals surface area contributed by atoms with Crippen LogP contribution in [0.25, 0.3) is 5.00 Å². The summed E-state index contributed by atoms with van der Waals surface area (Å²) in [5.41, 5.74) is 5.11. The average molecular weight is 899 g/mol. The molecule has 0 radical (unpaired) electrons. The maximum Gasteiger partial charge on any atom is 0.272 e. The van der Waals surface area contributed by atoms with Gasteiger partial charge in [0.05, 0.1) is 35.0 Å². The second kappa shape index (κ2) is 17.2. The minimum atomic E-state index is -0.461. The number of aromatic nitrogens is 6. The highest BCUT2D eigenvalue weighted by molar-refractivity contribution is 7.15. The summed E-state index contributed by atoms with van der Waals surface area (Å²) >= 11 is 7.82. The highest BCUT2D eigenvalue weighted by Gasteiger charge is 2.46. The first kappa shape index (κ1) is 42.0. The molecule has 1 atom stereocenters. The summed E-state index contributed by atoms with van der Waals surface area (Å²) in [5.74, 6) is 3.42. The van der Waals surface area contributed by atoms with Gasteiger partial charge in [-0.1, -0.05) is 17.7 Å². The van der Waals surface area contributed by atoms with Crippen molar-refractivity contribution in [1.29, 1.82) is 5.26 Å². The highest BCUT2D eigenvalue weighted by Crippen LogP contribution is 2.54. The van der Waals surface area contributed by atoms with Crippen LogP contribution in [0.5, 0.6) is 5.75 Å². The van der Waals surface area contributed by atoms with E-state index in [9.17, 15) is 4.79 Å². The number of oxazole rings is 1. The van der Waals surface area contributed by atoms with Crippen LogP contribution < -0.4 is 15.0 Å². The zero-order valence-corrected chi connectivity index (χ0v) is 37.6. The van der Waals surface area contributed by atoms with Gasteiger partial charge in [-0.2, -0.15) is 5.26 Å². The summed E-state index contributed by atoms with van der Waals surface area (Å²) in [6.45, 7) is 7.86. The molecule has 6 heterocycles. The maximum absolute atomic E-state index is 16.4. The van der Waals surface area contributed by atoms with Crippen LogP contribution in [-0.2, 0) is 12.8 Å². The lowest BCUT2D eigenvalue weighted by Crippen LogP contribution is -2.47. The number of thiophene rings is 1. The molecule has 64 heavy (non-hydrogen) atoms. The lowest BCUT2D eigenvalue weighted by Gasteiger charge is -2.52. The van der Waals surface area contributed by atoms with Crippen LogP contribution in [0.2, 0.25) is 5.02 Å². The number of anilines is 1. The van der Waals surface area contributed by atoms with Crippen LogP contribution in [0.3, 0.4) is 0 Å². The normalized spacial score (nSPS) is 20.4. The number of nitrogens with zero attached hydrogens (tertiary/aromatic N) is 9. The largest absolute Gasteiger partial charge is 0.490 e. The number of ether oxygens (including phenoxy) is 1. The van der Waals surface area contributed by atoms with E-state index in [1.165, 1.54) is 0 Å². The van der Waals surface area contributed by atoms with Gasteiger partial charge in [-0.25, -0.2) is 9.37 Å². The molecule has 1 amide bonds. The second-order valence-corrected chi connectivity index (χ2v) is 19.5. The molecule has 4 aromatic heterocycles. The van der Waals surface area contributed by atoms with Gasteiger partial charge < -0.3 is 19.4 Å². The number of hydrogen-bond acceptors (Lipinski definition) is 12. The molecule has 0 unspecified atom stereocenters. The van der Waals surface area contributed by atoms with Crippen LogP contribution in [0.15, 0.2) is 70.4 Å². The number of rotatable bonds is 10. The van der Waals surface area contributed by atoms with Crippen LogP contribution in [0.4, 0.5) is 10.2 Å². The van der Waals surface area contributed by atoms with Crippen molar-refractivity contribution in [2.75, 3.05) is 18.0 Å². The zero-order chi connectivity index (χ0) is 44.1. The van der Waals surface area contributed by atoms with E-state index >= 15 is 4.39 Å². The third-order valence-corrected chi connectivity index (χ3v) is 15.3. The topological polar surface area (TPSA) is 160 Å². The third-order valence-electron chi connectivity index (χ3n) is 13.8. The van der Waals surface area contributed by atoms with Crippen LogP contribution in [0.1, 0.15) is 118 Å². The lowest BCUT2D eigenvalue weighted by molar-refractivity contribution is 0.0281. The molecule has 3 fully saturated rings. The quantitative estimate of drug-likeness (QED) is 0.140. The van der Waals surface area contributed by atoms with Gasteiger partial charge in [-0.15, -0.1) is 31.7 Å². The van der Waals surface area contributed by atoms with Crippen molar-refractivity contribution < 1.29 is 18.3 Å². The van der Waals surface area contributed by atoms with Gasteiger partial charge in [0.2, 0.25) is 0 Å². The Balaban J connectivity index is 0.724. The average Bonchev–Trinajstić information content (AvgIpc) is 3.99. The summed E-state index contributed by atoms with van der Waals surface area (Å²) in [5, 5.41) is 31.3. The number of aliphatic imine (C=N–C) groups is 1. The molecule has 328 valence electrons. The van der Waals surface area contributed by atoms with Crippen molar-refractivity contribution in [2.24, 2.45) is 16.3 Å². The van der Waals surface area contributed by atoms with Gasteiger partial charge in [-0.05, 0) is 137 Å². The highest BCUT2D eigenvalue weighted by atomic mass is 35.5. The number of amides is 1. The van der Waals surface area contributed by atoms with E-state index in [0.717, 1.165) is 109 Å². The molecular formula is C48H48ClFN10O3S. The Morgan fingerprint density at radius 3 is 2.53 bits per heavy atom.